The molecule has 102 valence electrons. The van der Waals surface area contributed by atoms with E-state index in [-0.39, 0.29) is 5.02 Å². The highest BCUT2D eigenvalue weighted by molar-refractivity contribution is 6.30. The molecule has 3 rings (SSSR count). The van der Waals surface area contributed by atoms with Crippen molar-refractivity contribution in [2.24, 2.45) is 0 Å². The highest BCUT2D eigenvalue weighted by Crippen LogP contribution is 2.30. The highest BCUT2D eigenvalue weighted by atomic mass is 35.5. The molecule has 2 aromatic heterocycles. The van der Waals surface area contributed by atoms with E-state index in [0.29, 0.717) is 17.2 Å². The van der Waals surface area contributed by atoms with Gasteiger partial charge in [-0.15, -0.1) is 0 Å². The predicted octanol–water partition coefficient (Wildman–Crippen LogP) is 3.41. The van der Waals surface area contributed by atoms with E-state index in [1.165, 1.54) is 18.5 Å². The molecule has 0 spiro atoms. The number of hydrogen-bond donors (Lipinski definition) is 1. The molecule has 1 aromatic carbocycles. The topological polar surface area (TPSA) is 56.7 Å². The lowest BCUT2D eigenvalue weighted by atomic mass is 10.2. The molecule has 0 saturated heterocycles. The molecule has 0 aliphatic heterocycles. The summed E-state index contributed by atoms with van der Waals surface area (Å²) in [7, 11) is 0. The molecule has 0 fully saturated rings. The Labute approximate surface area is 120 Å². The summed E-state index contributed by atoms with van der Waals surface area (Å²) >= 11 is 5.73. The first kappa shape index (κ1) is 12.9. The van der Waals surface area contributed by atoms with Crippen molar-refractivity contribution in [1.29, 1.82) is 0 Å². The largest absolute Gasteiger partial charge is 0.383 e. The maximum atomic E-state index is 13.7. The Morgan fingerprint density at radius 3 is 2.70 bits per heavy atom. The maximum absolute atomic E-state index is 13.7. The average molecular weight is 291 g/mol. The smallest absolute Gasteiger partial charge is 0.150 e. The second kappa shape index (κ2) is 4.45. The second-order valence-electron chi connectivity index (χ2n) is 4.60. The molecule has 0 bridgehead atoms. The van der Waals surface area contributed by atoms with Crippen molar-refractivity contribution in [1.82, 2.24) is 14.5 Å². The molecule has 20 heavy (non-hydrogen) atoms. The lowest BCUT2D eigenvalue weighted by Gasteiger charge is -2.08. The van der Waals surface area contributed by atoms with Gasteiger partial charge in [-0.05, 0) is 37.6 Å². The van der Waals surface area contributed by atoms with Gasteiger partial charge in [-0.3, -0.25) is 4.57 Å². The molecular formula is C14H12ClFN4. The van der Waals surface area contributed by atoms with Crippen LogP contribution >= 0.6 is 11.6 Å². The molecule has 2 N–H and O–H groups in total. The van der Waals surface area contributed by atoms with Gasteiger partial charge in [0.25, 0.3) is 0 Å². The molecule has 0 amide bonds. The summed E-state index contributed by atoms with van der Waals surface area (Å²) < 4.78 is 15.5. The number of nitrogens with zero attached hydrogens (tertiary/aromatic N) is 3. The van der Waals surface area contributed by atoms with Gasteiger partial charge in [-0.2, -0.15) is 0 Å². The molecule has 0 aliphatic carbocycles. The van der Waals surface area contributed by atoms with Gasteiger partial charge in [0.05, 0.1) is 16.1 Å². The molecule has 0 aliphatic rings. The van der Waals surface area contributed by atoms with E-state index in [4.69, 9.17) is 17.3 Å². The molecular weight excluding hydrogens is 279 g/mol. The van der Waals surface area contributed by atoms with E-state index >= 15 is 0 Å². The van der Waals surface area contributed by atoms with Crippen LogP contribution in [0.1, 0.15) is 11.3 Å². The fourth-order valence-corrected chi connectivity index (χ4v) is 2.48. The minimum atomic E-state index is -0.468. The maximum Gasteiger partial charge on any atom is 0.150 e. The quantitative estimate of drug-likeness (QED) is 0.747. The van der Waals surface area contributed by atoms with Crippen LogP contribution in [-0.4, -0.2) is 14.5 Å². The molecule has 6 heteroatoms. The van der Waals surface area contributed by atoms with Crippen LogP contribution in [0.2, 0.25) is 5.02 Å². The average Bonchev–Trinajstić information content (AvgIpc) is 2.67. The summed E-state index contributed by atoms with van der Waals surface area (Å²) in [5.74, 6) is -0.0473. The zero-order valence-electron chi connectivity index (χ0n) is 11.0. The Hall–Kier alpha value is -2.14. The Kier molecular flexibility index (Phi) is 2.87. The SMILES string of the molecule is Cc1c(C)n(-c2ccc(Cl)c(F)c2)c2ncnc(N)c12. The van der Waals surface area contributed by atoms with Gasteiger partial charge in [-0.25, -0.2) is 14.4 Å². The molecule has 0 unspecified atom stereocenters. The first-order valence-corrected chi connectivity index (χ1v) is 6.42. The number of rotatable bonds is 1. The third-order valence-electron chi connectivity index (χ3n) is 3.48. The van der Waals surface area contributed by atoms with Gasteiger partial charge >= 0.3 is 0 Å². The van der Waals surface area contributed by atoms with Crippen molar-refractivity contribution < 1.29 is 4.39 Å². The second-order valence-corrected chi connectivity index (χ2v) is 5.01. The van der Waals surface area contributed by atoms with Crippen molar-refractivity contribution in [2.45, 2.75) is 13.8 Å². The number of anilines is 1. The zero-order valence-corrected chi connectivity index (χ0v) is 11.7. The molecule has 0 radical (unpaired) electrons. The minimum absolute atomic E-state index is 0.0914. The Morgan fingerprint density at radius 1 is 1.25 bits per heavy atom. The predicted molar refractivity (Wildman–Crippen MR) is 77.7 cm³/mol. The van der Waals surface area contributed by atoms with Crippen molar-refractivity contribution in [3.05, 3.63) is 46.6 Å². The van der Waals surface area contributed by atoms with E-state index in [9.17, 15) is 4.39 Å². The number of fused-ring (bicyclic) bond motifs is 1. The van der Waals surface area contributed by atoms with Crippen molar-refractivity contribution in [3.63, 3.8) is 0 Å². The molecule has 0 atom stereocenters. The van der Waals surface area contributed by atoms with Crippen LogP contribution in [0.3, 0.4) is 0 Å². The Balaban J connectivity index is 2.39. The van der Waals surface area contributed by atoms with Crippen LogP contribution in [0.5, 0.6) is 0 Å². The zero-order chi connectivity index (χ0) is 14.4. The van der Waals surface area contributed by atoms with Crippen LogP contribution in [0, 0.1) is 19.7 Å². The van der Waals surface area contributed by atoms with E-state index in [2.05, 4.69) is 9.97 Å². The Bertz CT molecular complexity index is 826. The molecule has 2 heterocycles. The van der Waals surface area contributed by atoms with Crippen molar-refractivity contribution >= 4 is 28.5 Å². The first-order valence-electron chi connectivity index (χ1n) is 6.04. The van der Waals surface area contributed by atoms with Gasteiger partial charge in [0.2, 0.25) is 0 Å². The van der Waals surface area contributed by atoms with Crippen LogP contribution in [0.4, 0.5) is 10.2 Å². The number of nitrogens with two attached hydrogens (primary N) is 1. The van der Waals surface area contributed by atoms with Crippen molar-refractivity contribution in [3.8, 4) is 5.69 Å². The fourth-order valence-electron chi connectivity index (χ4n) is 2.37. The van der Waals surface area contributed by atoms with E-state index in [0.717, 1.165) is 16.6 Å². The van der Waals surface area contributed by atoms with E-state index in [1.807, 2.05) is 18.4 Å². The normalized spacial score (nSPS) is 11.2. The third kappa shape index (κ3) is 1.74. The number of halogens is 2. The van der Waals surface area contributed by atoms with E-state index < -0.39 is 5.82 Å². The molecule has 4 nitrogen and oxygen atoms in total. The number of aryl methyl sites for hydroxylation is 1. The summed E-state index contributed by atoms with van der Waals surface area (Å²) in [6.07, 6.45) is 1.40. The van der Waals surface area contributed by atoms with Gasteiger partial charge < -0.3 is 5.73 Å². The van der Waals surface area contributed by atoms with Crippen LogP contribution in [0.15, 0.2) is 24.5 Å². The lowest BCUT2D eigenvalue weighted by molar-refractivity contribution is 0.627. The molecule has 0 saturated carbocycles. The Morgan fingerprint density at radius 2 is 2.00 bits per heavy atom. The van der Waals surface area contributed by atoms with Gasteiger partial charge in [0.15, 0.2) is 5.65 Å². The number of nitrogen functional groups attached to an aromatic ring is 1. The van der Waals surface area contributed by atoms with Crippen LogP contribution < -0.4 is 5.73 Å². The van der Waals surface area contributed by atoms with Crippen molar-refractivity contribution in [2.75, 3.05) is 5.73 Å². The number of aromatic nitrogens is 3. The van der Waals surface area contributed by atoms with Gasteiger partial charge in [-0.1, -0.05) is 11.6 Å². The first-order chi connectivity index (χ1) is 9.50. The fraction of sp³-hybridized carbons (Fsp3) is 0.143. The summed E-state index contributed by atoms with van der Waals surface area (Å²) in [6, 6.07) is 4.65. The minimum Gasteiger partial charge on any atom is -0.383 e. The van der Waals surface area contributed by atoms with Gasteiger partial charge in [0, 0.05) is 5.69 Å². The molecule has 3 aromatic rings. The third-order valence-corrected chi connectivity index (χ3v) is 3.79. The summed E-state index contributed by atoms with van der Waals surface area (Å²) in [5.41, 5.74) is 9.15. The van der Waals surface area contributed by atoms with Crippen LogP contribution in [0.25, 0.3) is 16.7 Å². The van der Waals surface area contributed by atoms with Crippen LogP contribution in [-0.2, 0) is 0 Å². The monoisotopic (exact) mass is 290 g/mol. The summed E-state index contributed by atoms with van der Waals surface area (Å²) in [6.45, 7) is 3.88. The number of hydrogen-bond acceptors (Lipinski definition) is 3. The van der Waals surface area contributed by atoms with E-state index in [1.54, 1.807) is 6.07 Å². The lowest BCUT2D eigenvalue weighted by Crippen LogP contribution is -1.99. The standard InChI is InChI=1S/C14H12ClFN4/c1-7-8(2)20(9-3-4-10(15)11(16)5-9)14-12(7)13(17)18-6-19-14/h3-6H,1-2H3,(H2,17,18,19). The number of benzene rings is 1. The van der Waals surface area contributed by atoms with Gasteiger partial charge in [0.1, 0.15) is 18.0 Å². The highest BCUT2D eigenvalue weighted by Gasteiger charge is 2.16. The summed E-state index contributed by atoms with van der Waals surface area (Å²) in [4.78, 5) is 8.27. The summed E-state index contributed by atoms with van der Waals surface area (Å²) in [5, 5.41) is 0.883.